The normalized spacial score (nSPS) is 17.3. The van der Waals surface area contributed by atoms with Gasteiger partial charge in [0.1, 0.15) is 0 Å². The highest BCUT2D eigenvalue weighted by Crippen LogP contribution is 2.11. The maximum absolute atomic E-state index is 12.4. The Morgan fingerprint density at radius 3 is 2.33 bits per heavy atom. The zero-order valence-electron chi connectivity index (χ0n) is 6.23. The fraction of sp³-hybridized carbons (Fsp3) is 1.00. The van der Waals surface area contributed by atoms with E-state index in [-0.39, 0.29) is 5.92 Å². The summed E-state index contributed by atoms with van der Waals surface area (Å²) in [4.78, 5) is 0. The summed E-state index contributed by atoms with van der Waals surface area (Å²) in [5.74, 6) is 0.175. The second-order valence-corrected chi connectivity index (χ2v) is 2.59. The molecular formula is C7H16FN. The lowest BCUT2D eigenvalue weighted by atomic mass is 10.0. The molecule has 0 aromatic carbocycles. The van der Waals surface area contributed by atoms with E-state index in [0.29, 0.717) is 6.54 Å². The van der Waals surface area contributed by atoms with Crippen LogP contribution >= 0.6 is 0 Å². The zero-order chi connectivity index (χ0) is 7.28. The molecule has 0 amide bonds. The van der Waals surface area contributed by atoms with Crippen LogP contribution in [0.2, 0.25) is 0 Å². The van der Waals surface area contributed by atoms with Gasteiger partial charge in [0, 0.05) is 0 Å². The molecule has 0 fully saturated rings. The van der Waals surface area contributed by atoms with Gasteiger partial charge in [0.25, 0.3) is 0 Å². The van der Waals surface area contributed by atoms with Gasteiger partial charge in [-0.15, -0.1) is 0 Å². The Bertz CT molecular complexity index is 63.9. The van der Waals surface area contributed by atoms with Crippen LogP contribution in [0.4, 0.5) is 4.39 Å². The molecule has 2 atom stereocenters. The summed E-state index contributed by atoms with van der Waals surface area (Å²) in [6.45, 7) is 4.19. The monoisotopic (exact) mass is 133 g/mol. The van der Waals surface area contributed by atoms with Crippen molar-refractivity contribution >= 4 is 0 Å². The van der Waals surface area contributed by atoms with Crippen molar-refractivity contribution in [2.45, 2.75) is 32.9 Å². The Morgan fingerprint density at radius 2 is 2.00 bits per heavy atom. The van der Waals surface area contributed by atoms with Gasteiger partial charge in [0.2, 0.25) is 0 Å². The predicted molar refractivity (Wildman–Crippen MR) is 38.0 cm³/mol. The van der Waals surface area contributed by atoms with Crippen LogP contribution in [-0.2, 0) is 0 Å². The standard InChI is InChI=1S/C7H16FN/c1-6(7(2)8)4-3-5-9/h6-7H,3-5,9H2,1-2H3. The van der Waals surface area contributed by atoms with E-state index < -0.39 is 6.17 Å². The van der Waals surface area contributed by atoms with Crippen molar-refractivity contribution < 1.29 is 4.39 Å². The van der Waals surface area contributed by atoms with Crippen LogP contribution in [0.1, 0.15) is 26.7 Å². The topological polar surface area (TPSA) is 26.0 Å². The highest BCUT2D eigenvalue weighted by atomic mass is 19.1. The SMILES string of the molecule is CC(F)C(C)CCCN. The average Bonchev–Trinajstić information content (AvgIpc) is 1.82. The van der Waals surface area contributed by atoms with Crippen molar-refractivity contribution in [2.24, 2.45) is 11.7 Å². The van der Waals surface area contributed by atoms with Crippen molar-refractivity contribution in [3.8, 4) is 0 Å². The maximum Gasteiger partial charge on any atom is 0.0998 e. The number of nitrogens with two attached hydrogens (primary N) is 1. The first-order valence-corrected chi connectivity index (χ1v) is 3.52. The van der Waals surface area contributed by atoms with E-state index in [0.717, 1.165) is 12.8 Å². The molecule has 0 bridgehead atoms. The molecule has 0 aliphatic rings. The molecule has 0 aromatic rings. The Hall–Kier alpha value is -0.110. The molecule has 0 aliphatic carbocycles. The molecule has 56 valence electrons. The molecule has 1 nitrogen and oxygen atoms in total. The lowest BCUT2D eigenvalue weighted by Crippen LogP contribution is -2.10. The summed E-state index contributed by atoms with van der Waals surface area (Å²) >= 11 is 0. The lowest BCUT2D eigenvalue weighted by molar-refractivity contribution is 0.251. The molecule has 2 unspecified atom stereocenters. The molecule has 0 saturated carbocycles. The van der Waals surface area contributed by atoms with Crippen molar-refractivity contribution in [1.82, 2.24) is 0 Å². The summed E-state index contributed by atoms with van der Waals surface area (Å²) in [6.07, 6.45) is 1.17. The summed E-state index contributed by atoms with van der Waals surface area (Å²) < 4.78 is 12.4. The van der Waals surface area contributed by atoms with Gasteiger partial charge in [-0.2, -0.15) is 0 Å². The lowest BCUT2D eigenvalue weighted by Gasteiger charge is -2.10. The summed E-state index contributed by atoms with van der Waals surface area (Å²) in [5.41, 5.74) is 5.25. The van der Waals surface area contributed by atoms with Crippen LogP contribution < -0.4 is 5.73 Å². The smallest absolute Gasteiger partial charge is 0.0998 e. The Labute approximate surface area is 56.4 Å². The Morgan fingerprint density at radius 1 is 1.44 bits per heavy atom. The number of rotatable bonds is 4. The van der Waals surface area contributed by atoms with E-state index in [4.69, 9.17) is 5.73 Å². The molecule has 9 heavy (non-hydrogen) atoms. The van der Waals surface area contributed by atoms with Gasteiger partial charge < -0.3 is 5.73 Å². The molecule has 2 heteroatoms. The minimum Gasteiger partial charge on any atom is -0.330 e. The highest BCUT2D eigenvalue weighted by Gasteiger charge is 2.08. The first kappa shape index (κ1) is 8.89. The minimum atomic E-state index is -0.684. The quantitative estimate of drug-likeness (QED) is 0.621. The van der Waals surface area contributed by atoms with E-state index in [9.17, 15) is 4.39 Å². The molecule has 0 rings (SSSR count). The van der Waals surface area contributed by atoms with E-state index in [2.05, 4.69) is 0 Å². The fourth-order valence-corrected chi connectivity index (χ4v) is 0.669. The number of alkyl halides is 1. The highest BCUT2D eigenvalue weighted by molar-refractivity contribution is 4.59. The van der Waals surface area contributed by atoms with Crippen LogP contribution in [0.25, 0.3) is 0 Å². The van der Waals surface area contributed by atoms with E-state index in [1.807, 2.05) is 6.92 Å². The van der Waals surface area contributed by atoms with Gasteiger partial charge in [0.15, 0.2) is 0 Å². The second kappa shape index (κ2) is 4.74. The zero-order valence-corrected chi connectivity index (χ0v) is 6.23. The molecule has 0 radical (unpaired) electrons. The van der Waals surface area contributed by atoms with Crippen molar-refractivity contribution in [3.63, 3.8) is 0 Å². The third-order valence-corrected chi connectivity index (χ3v) is 1.65. The molecule has 0 saturated heterocycles. The van der Waals surface area contributed by atoms with Crippen LogP contribution in [0, 0.1) is 5.92 Å². The van der Waals surface area contributed by atoms with Crippen LogP contribution in [0.15, 0.2) is 0 Å². The van der Waals surface area contributed by atoms with Crippen molar-refractivity contribution in [1.29, 1.82) is 0 Å². The predicted octanol–water partition coefficient (Wildman–Crippen LogP) is 1.72. The van der Waals surface area contributed by atoms with E-state index in [1.165, 1.54) is 0 Å². The number of halogens is 1. The minimum absolute atomic E-state index is 0.175. The number of hydrogen-bond donors (Lipinski definition) is 1. The average molecular weight is 133 g/mol. The van der Waals surface area contributed by atoms with Gasteiger partial charge in [0.05, 0.1) is 6.17 Å². The molecule has 0 heterocycles. The Kier molecular flexibility index (Phi) is 4.68. The first-order chi connectivity index (χ1) is 4.18. The number of hydrogen-bond acceptors (Lipinski definition) is 1. The van der Waals surface area contributed by atoms with E-state index in [1.54, 1.807) is 6.92 Å². The fourth-order valence-electron chi connectivity index (χ4n) is 0.669. The molecule has 0 aromatic heterocycles. The van der Waals surface area contributed by atoms with E-state index >= 15 is 0 Å². The van der Waals surface area contributed by atoms with Crippen LogP contribution in [0.3, 0.4) is 0 Å². The molecule has 0 spiro atoms. The van der Waals surface area contributed by atoms with Gasteiger partial charge >= 0.3 is 0 Å². The molecule has 0 aliphatic heterocycles. The second-order valence-electron chi connectivity index (χ2n) is 2.59. The summed E-state index contributed by atoms with van der Waals surface area (Å²) in [7, 11) is 0. The molecular weight excluding hydrogens is 117 g/mol. The molecule has 2 N–H and O–H groups in total. The third-order valence-electron chi connectivity index (χ3n) is 1.65. The summed E-state index contributed by atoms with van der Waals surface area (Å²) in [6, 6.07) is 0. The van der Waals surface area contributed by atoms with Crippen molar-refractivity contribution in [3.05, 3.63) is 0 Å². The van der Waals surface area contributed by atoms with Gasteiger partial charge in [-0.05, 0) is 32.2 Å². The van der Waals surface area contributed by atoms with Gasteiger partial charge in [-0.3, -0.25) is 0 Å². The third kappa shape index (κ3) is 4.40. The maximum atomic E-state index is 12.4. The van der Waals surface area contributed by atoms with Crippen LogP contribution in [0.5, 0.6) is 0 Å². The van der Waals surface area contributed by atoms with Crippen molar-refractivity contribution in [2.75, 3.05) is 6.54 Å². The largest absolute Gasteiger partial charge is 0.330 e. The van der Waals surface area contributed by atoms with Crippen LogP contribution in [-0.4, -0.2) is 12.7 Å². The van der Waals surface area contributed by atoms with Gasteiger partial charge in [-0.1, -0.05) is 6.92 Å². The Balaban J connectivity index is 3.16. The summed E-state index contributed by atoms with van der Waals surface area (Å²) in [5, 5.41) is 0. The van der Waals surface area contributed by atoms with Gasteiger partial charge in [-0.25, -0.2) is 4.39 Å². The first-order valence-electron chi connectivity index (χ1n) is 3.52.